The minimum atomic E-state index is -2.67. The van der Waals surface area contributed by atoms with Gasteiger partial charge in [-0.25, -0.2) is 0 Å². The first-order valence-corrected chi connectivity index (χ1v) is 14.0. The lowest BCUT2D eigenvalue weighted by molar-refractivity contribution is 1.32. The van der Waals surface area contributed by atoms with Crippen molar-refractivity contribution in [2.45, 2.75) is 27.7 Å². The SMILES string of the molecule is CC1=C[SiH2]C(C2=C(C)C(C)=C([Si](Cl)(Cl)Cl)[SiH2]2)=C1C. The fourth-order valence-corrected chi connectivity index (χ4v) is 12.3. The van der Waals surface area contributed by atoms with E-state index in [1.165, 1.54) is 27.1 Å². The topological polar surface area (TPSA) is 0 Å². The summed E-state index contributed by atoms with van der Waals surface area (Å²) in [6.45, 7) is 8.80. The third kappa shape index (κ3) is 2.53. The summed E-state index contributed by atoms with van der Waals surface area (Å²) < 4.78 is 0. The average Bonchev–Trinajstić information content (AvgIpc) is 2.72. The Kier molecular flexibility index (Phi) is 4.22. The number of allylic oxidation sites excluding steroid dienone is 6. The monoisotopic (exact) mass is 350 g/mol. The van der Waals surface area contributed by atoms with Gasteiger partial charge in [-0.2, -0.15) is 0 Å². The molecular formula is C12H17Cl3Si3. The molecule has 0 amide bonds. The summed E-state index contributed by atoms with van der Waals surface area (Å²) in [5.41, 5.74) is 8.08. The molecule has 6 heteroatoms. The Bertz CT molecular complexity index is 533. The fraction of sp³-hybridized carbons (Fsp3) is 0.333. The van der Waals surface area contributed by atoms with Crippen LogP contribution in [-0.2, 0) is 0 Å². The quantitative estimate of drug-likeness (QED) is 0.529. The molecule has 18 heavy (non-hydrogen) atoms. The molecule has 2 rings (SSSR count). The van der Waals surface area contributed by atoms with Crippen LogP contribution in [0.5, 0.6) is 0 Å². The third-order valence-corrected chi connectivity index (χ3v) is 16.3. The molecular weight excluding hydrogens is 335 g/mol. The molecule has 0 aliphatic carbocycles. The first-order valence-electron chi connectivity index (χ1n) is 6.07. The van der Waals surface area contributed by atoms with Crippen molar-refractivity contribution in [1.82, 2.24) is 0 Å². The maximum Gasteiger partial charge on any atom is 0.365 e. The van der Waals surface area contributed by atoms with Crippen LogP contribution in [0.3, 0.4) is 0 Å². The Hall–Kier alpha value is 0.481. The summed E-state index contributed by atoms with van der Waals surface area (Å²) in [4.78, 5) is 1.22. The zero-order chi connectivity index (χ0) is 13.7. The molecule has 2 heterocycles. The molecule has 0 aromatic carbocycles. The highest BCUT2D eigenvalue weighted by Crippen LogP contribution is 2.41. The highest BCUT2D eigenvalue weighted by atomic mass is 35.8. The lowest BCUT2D eigenvalue weighted by atomic mass is 10.1. The number of hydrogen-bond donors (Lipinski definition) is 0. The Labute approximate surface area is 129 Å². The van der Waals surface area contributed by atoms with E-state index in [-0.39, 0.29) is 9.52 Å². The fourth-order valence-electron chi connectivity index (χ4n) is 2.69. The molecule has 2 aliphatic rings. The van der Waals surface area contributed by atoms with Crippen molar-refractivity contribution in [3.8, 4) is 0 Å². The van der Waals surface area contributed by atoms with Crippen LogP contribution in [0.25, 0.3) is 0 Å². The number of rotatable bonds is 2. The molecule has 0 saturated heterocycles. The van der Waals surface area contributed by atoms with Crippen molar-refractivity contribution in [3.05, 3.63) is 43.2 Å². The lowest BCUT2D eigenvalue weighted by Crippen LogP contribution is -2.20. The first kappa shape index (κ1) is 14.9. The molecule has 0 saturated carbocycles. The van der Waals surface area contributed by atoms with E-state index in [0.717, 1.165) is 0 Å². The molecule has 0 aromatic heterocycles. The Morgan fingerprint density at radius 3 is 1.89 bits per heavy atom. The second-order valence-corrected chi connectivity index (χ2v) is 17.5. The molecule has 0 aromatic rings. The summed E-state index contributed by atoms with van der Waals surface area (Å²) in [7, 11) is -0.777. The number of hydrogen-bond acceptors (Lipinski definition) is 0. The number of halogens is 3. The molecule has 0 bridgehead atoms. The Balaban J connectivity index is 2.38. The van der Waals surface area contributed by atoms with Crippen LogP contribution < -0.4 is 0 Å². The molecule has 0 N–H and O–H groups in total. The normalized spacial score (nSPS) is 24.1. The van der Waals surface area contributed by atoms with E-state index in [0.29, 0.717) is 0 Å². The van der Waals surface area contributed by atoms with Crippen molar-refractivity contribution in [1.29, 1.82) is 0 Å². The van der Waals surface area contributed by atoms with Gasteiger partial charge in [0.15, 0.2) is 0 Å². The molecule has 0 spiro atoms. The molecule has 0 nitrogen and oxygen atoms in total. The molecule has 0 radical (unpaired) electrons. The largest absolute Gasteiger partial charge is 0.365 e. The summed E-state index contributed by atoms with van der Waals surface area (Å²) in [5.74, 6) is 0. The van der Waals surface area contributed by atoms with E-state index in [1.807, 2.05) is 0 Å². The average molecular weight is 352 g/mol. The Morgan fingerprint density at radius 1 is 0.889 bits per heavy atom. The summed E-state index contributed by atoms with van der Waals surface area (Å²) in [6, 6.07) is -2.67. The standard InChI is InChI=1S/C12H17Cl3Si3/c1-6-5-16-10(7(6)2)11-8(3)9(4)12(17-11)18(13,14)15/h5H,16-17H2,1-4H3. The van der Waals surface area contributed by atoms with Crippen LogP contribution in [0.1, 0.15) is 27.7 Å². The maximum atomic E-state index is 6.24. The molecule has 98 valence electrons. The van der Waals surface area contributed by atoms with E-state index in [4.69, 9.17) is 33.2 Å². The molecule has 0 atom stereocenters. The van der Waals surface area contributed by atoms with Crippen molar-refractivity contribution in [3.63, 3.8) is 0 Å². The van der Waals surface area contributed by atoms with Crippen LogP contribution in [0.2, 0.25) is 0 Å². The van der Waals surface area contributed by atoms with E-state index in [2.05, 4.69) is 33.4 Å². The van der Waals surface area contributed by atoms with E-state index in [9.17, 15) is 0 Å². The zero-order valence-electron chi connectivity index (χ0n) is 11.1. The van der Waals surface area contributed by atoms with Gasteiger partial charge in [-0.3, -0.25) is 0 Å². The van der Waals surface area contributed by atoms with Gasteiger partial charge in [0.05, 0.1) is 19.0 Å². The molecule has 2 aliphatic heterocycles. The van der Waals surface area contributed by atoms with Gasteiger partial charge in [-0.1, -0.05) is 38.4 Å². The van der Waals surface area contributed by atoms with E-state index >= 15 is 0 Å². The summed E-state index contributed by atoms with van der Waals surface area (Å²) >= 11 is 18.7. The summed E-state index contributed by atoms with van der Waals surface area (Å²) in [6.07, 6.45) is 0. The third-order valence-electron chi connectivity index (χ3n) is 4.18. The van der Waals surface area contributed by atoms with Gasteiger partial charge in [0, 0.05) is 0 Å². The van der Waals surface area contributed by atoms with Crippen LogP contribution in [-0.4, -0.2) is 25.0 Å². The van der Waals surface area contributed by atoms with Crippen molar-refractivity contribution >= 4 is 58.3 Å². The van der Waals surface area contributed by atoms with Gasteiger partial charge in [0.25, 0.3) is 0 Å². The molecule has 0 unspecified atom stereocenters. The maximum absolute atomic E-state index is 6.24. The highest BCUT2D eigenvalue weighted by molar-refractivity contribution is 7.69. The minimum Gasteiger partial charge on any atom is -0.122 e. The van der Waals surface area contributed by atoms with E-state index in [1.54, 1.807) is 10.4 Å². The van der Waals surface area contributed by atoms with Crippen LogP contribution in [0.15, 0.2) is 43.2 Å². The molecule has 0 fully saturated rings. The van der Waals surface area contributed by atoms with Crippen LogP contribution in [0, 0.1) is 0 Å². The van der Waals surface area contributed by atoms with Crippen molar-refractivity contribution in [2.24, 2.45) is 0 Å². The van der Waals surface area contributed by atoms with Crippen LogP contribution >= 0.6 is 33.2 Å². The second-order valence-electron chi connectivity index (χ2n) is 5.08. The van der Waals surface area contributed by atoms with Gasteiger partial charge >= 0.3 is 6.00 Å². The predicted octanol–water partition coefficient (Wildman–Crippen LogP) is 3.27. The van der Waals surface area contributed by atoms with E-state index < -0.39 is 15.5 Å². The lowest BCUT2D eigenvalue weighted by Gasteiger charge is -2.12. The van der Waals surface area contributed by atoms with Gasteiger partial charge < -0.3 is 0 Å². The van der Waals surface area contributed by atoms with Crippen LogP contribution in [0.4, 0.5) is 0 Å². The predicted molar refractivity (Wildman–Crippen MR) is 92.3 cm³/mol. The van der Waals surface area contributed by atoms with Gasteiger partial charge in [-0.05, 0) is 32.5 Å². The minimum absolute atomic E-state index is 0.234. The first-order chi connectivity index (χ1) is 8.23. The summed E-state index contributed by atoms with van der Waals surface area (Å²) in [5, 5.41) is 3.22. The Morgan fingerprint density at radius 2 is 1.50 bits per heavy atom. The van der Waals surface area contributed by atoms with Crippen molar-refractivity contribution < 1.29 is 0 Å². The highest BCUT2D eigenvalue weighted by Gasteiger charge is 2.37. The smallest absolute Gasteiger partial charge is 0.122 e. The van der Waals surface area contributed by atoms with Gasteiger partial charge in [0.2, 0.25) is 0 Å². The van der Waals surface area contributed by atoms with Gasteiger partial charge in [-0.15, -0.1) is 33.2 Å². The second kappa shape index (κ2) is 5.11. The van der Waals surface area contributed by atoms with Crippen molar-refractivity contribution in [2.75, 3.05) is 0 Å². The van der Waals surface area contributed by atoms with Gasteiger partial charge in [0.1, 0.15) is 0 Å². The zero-order valence-corrected chi connectivity index (χ0v) is 17.2.